The largest absolute Gasteiger partial charge is 0.478 e. The van der Waals surface area contributed by atoms with E-state index in [9.17, 15) is 24.6 Å². The highest BCUT2D eigenvalue weighted by atomic mass is 16.4. The first-order valence-corrected chi connectivity index (χ1v) is 8.41. The summed E-state index contributed by atoms with van der Waals surface area (Å²) in [4.78, 5) is 37.7. The smallest absolute Gasteiger partial charge is 0.342 e. The molecule has 0 atom stereocenters. The molecule has 0 aliphatic rings. The molecule has 7 nitrogen and oxygen atoms in total. The van der Waals surface area contributed by atoms with Crippen LogP contribution >= 0.6 is 0 Å². The number of hydrogen-bond acceptors (Lipinski definition) is 4. The molecular formula is C21H18N2O5. The van der Waals surface area contributed by atoms with Gasteiger partial charge in [-0.15, -0.1) is 0 Å². The Bertz CT molecular complexity index is 1180. The third-order valence-electron chi connectivity index (χ3n) is 4.66. The molecule has 1 heterocycles. The van der Waals surface area contributed by atoms with E-state index in [0.717, 1.165) is 22.3 Å². The van der Waals surface area contributed by atoms with Crippen LogP contribution in [-0.2, 0) is 0 Å². The first-order valence-electron chi connectivity index (χ1n) is 8.41. The first-order chi connectivity index (χ1) is 13.2. The Morgan fingerprint density at radius 3 is 2.07 bits per heavy atom. The predicted octanol–water partition coefficient (Wildman–Crippen LogP) is 3.30. The van der Waals surface area contributed by atoms with Crippen LogP contribution in [0.2, 0.25) is 0 Å². The molecule has 0 aliphatic carbocycles. The Morgan fingerprint density at radius 2 is 1.46 bits per heavy atom. The highest BCUT2D eigenvalue weighted by Gasteiger charge is 2.26. The molecule has 3 aromatic rings. The van der Waals surface area contributed by atoms with Crippen molar-refractivity contribution in [3.05, 3.63) is 75.1 Å². The predicted molar refractivity (Wildman–Crippen MR) is 106 cm³/mol. The fraction of sp³-hybridized carbons (Fsp3) is 0.0952. The summed E-state index contributed by atoms with van der Waals surface area (Å²) >= 11 is 0. The van der Waals surface area contributed by atoms with Crippen molar-refractivity contribution in [2.45, 2.75) is 13.8 Å². The van der Waals surface area contributed by atoms with Crippen LogP contribution in [0.25, 0.3) is 22.3 Å². The van der Waals surface area contributed by atoms with Crippen molar-refractivity contribution >= 4 is 17.8 Å². The number of nitrogens with one attached hydrogen (secondary N) is 1. The van der Waals surface area contributed by atoms with Gasteiger partial charge in [0.1, 0.15) is 16.9 Å². The Kier molecular flexibility index (Phi) is 4.75. The van der Waals surface area contributed by atoms with Crippen molar-refractivity contribution in [1.82, 2.24) is 4.98 Å². The SMILES string of the molecule is Cc1ccc(-c2cccc(-c3c(C(=O)O)c(N)[nH]c(=O)c3C(=O)O)c2)cc1C. The van der Waals surface area contributed by atoms with E-state index in [-0.39, 0.29) is 11.1 Å². The molecule has 5 N–H and O–H groups in total. The number of anilines is 1. The van der Waals surface area contributed by atoms with Gasteiger partial charge in [-0.05, 0) is 47.7 Å². The minimum Gasteiger partial charge on any atom is -0.478 e. The second-order valence-electron chi connectivity index (χ2n) is 6.48. The summed E-state index contributed by atoms with van der Waals surface area (Å²) < 4.78 is 0. The van der Waals surface area contributed by atoms with E-state index in [1.54, 1.807) is 18.2 Å². The molecule has 2 aromatic carbocycles. The Hall–Kier alpha value is -3.87. The number of carboxylic acids is 2. The van der Waals surface area contributed by atoms with Gasteiger partial charge < -0.3 is 20.9 Å². The molecule has 3 rings (SSSR count). The molecule has 0 unspecified atom stereocenters. The molecule has 142 valence electrons. The van der Waals surface area contributed by atoms with Crippen LogP contribution in [0.1, 0.15) is 31.8 Å². The van der Waals surface area contributed by atoms with Gasteiger partial charge in [0.2, 0.25) is 0 Å². The normalized spacial score (nSPS) is 10.6. The third kappa shape index (κ3) is 3.25. The minimum absolute atomic E-state index is 0.216. The van der Waals surface area contributed by atoms with Crippen molar-refractivity contribution in [2.24, 2.45) is 0 Å². The molecule has 0 radical (unpaired) electrons. The van der Waals surface area contributed by atoms with Crippen LogP contribution < -0.4 is 11.3 Å². The number of carbonyl (C=O) groups is 2. The van der Waals surface area contributed by atoms with Crippen molar-refractivity contribution < 1.29 is 19.8 Å². The highest BCUT2D eigenvalue weighted by molar-refractivity contribution is 6.07. The number of benzene rings is 2. The molecule has 7 heteroatoms. The first kappa shape index (κ1) is 18.9. The Morgan fingerprint density at radius 1 is 0.857 bits per heavy atom. The fourth-order valence-corrected chi connectivity index (χ4v) is 3.11. The molecule has 0 spiro atoms. The number of hydrogen-bond donors (Lipinski definition) is 4. The summed E-state index contributed by atoms with van der Waals surface area (Å²) in [5.41, 5.74) is 7.54. The van der Waals surface area contributed by atoms with Crippen LogP contribution in [0.3, 0.4) is 0 Å². The number of aromatic nitrogens is 1. The van der Waals surface area contributed by atoms with Gasteiger partial charge in [-0.1, -0.05) is 36.4 Å². The van der Waals surface area contributed by atoms with Crippen LogP contribution in [0.15, 0.2) is 47.3 Å². The quantitative estimate of drug-likeness (QED) is 0.550. The van der Waals surface area contributed by atoms with E-state index in [1.165, 1.54) is 0 Å². The van der Waals surface area contributed by atoms with Gasteiger partial charge in [0.05, 0.1) is 0 Å². The zero-order valence-corrected chi connectivity index (χ0v) is 15.2. The van der Waals surface area contributed by atoms with E-state index < -0.39 is 34.4 Å². The Labute approximate surface area is 160 Å². The lowest BCUT2D eigenvalue weighted by molar-refractivity contribution is 0.0695. The molecule has 1 aromatic heterocycles. The van der Waals surface area contributed by atoms with Gasteiger partial charge in [-0.2, -0.15) is 0 Å². The number of H-pyrrole nitrogens is 1. The lowest BCUT2D eigenvalue weighted by atomic mass is 9.92. The molecule has 0 bridgehead atoms. The third-order valence-corrected chi connectivity index (χ3v) is 4.66. The van der Waals surface area contributed by atoms with E-state index in [2.05, 4.69) is 4.98 Å². The lowest BCUT2D eigenvalue weighted by Crippen LogP contribution is -2.24. The summed E-state index contributed by atoms with van der Waals surface area (Å²) in [6.07, 6.45) is 0. The number of aryl methyl sites for hydroxylation is 2. The van der Waals surface area contributed by atoms with Crippen molar-refractivity contribution in [2.75, 3.05) is 5.73 Å². The molecule has 0 fully saturated rings. The van der Waals surface area contributed by atoms with Gasteiger partial charge in [0, 0.05) is 5.56 Å². The number of rotatable bonds is 4. The Balaban J connectivity index is 2.33. The highest BCUT2D eigenvalue weighted by Crippen LogP contribution is 2.32. The zero-order chi connectivity index (χ0) is 20.6. The molecule has 28 heavy (non-hydrogen) atoms. The molecule has 0 amide bonds. The average molecular weight is 378 g/mol. The van der Waals surface area contributed by atoms with Crippen LogP contribution in [-0.4, -0.2) is 27.1 Å². The zero-order valence-electron chi connectivity index (χ0n) is 15.2. The van der Waals surface area contributed by atoms with Crippen molar-refractivity contribution in [3.63, 3.8) is 0 Å². The summed E-state index contributed by atoms with van der Waals surface area (Å²) in [5, 5.41) is 19.1. The monoisotopic (exact) mass is 378 g/mol. The number of nitrogens with two attached hydrogens (primary N) is 1. The number of aromatic amines is 1. The van der Waals surface area contributed by atoms with Gasteiger partial charge in [0.15, 0.2) is 0 Å². The van der Waals surface area contributed by atoms with Gasteiger partial charge in [0.25, 0.3) is 5.56 Å². The van der Waals surface area contributed by atoms with Crippen molar-refractivity contribution in [3.8, 4) is 22.3 Å². The molecule has 0 saturated carbocycles. The van der Waals surface area contributed by atoms with Gasteiger partial charge in [-0.25, -0.2) is 9.59 Å². The minimum atomic E-state index is -1.53. The topological polar surface area (TPSA) is 133 Å². The number of pyridine rings is 1. The van der Waals surface area contributed by atoms with Crippen molar-refractivity contribution in [1.29, 1.82) is 0 Å². The summed E-state index contributed by atoms with van der Waals surface area (Å²) in [5.74, 6) is -3.35. The number of carboxylic acid groups (broad SMARTS) is 2. The van der Waals surface area contributed by atoms with Gasteiger partial charge in [-0.3, -0.25) is 4.79 Å². The second-order valence-corrected chi connectivity index (χ2v) is 6.48. The van der Waals surface area contributed by atoms with E-state index >= 15 is 0 Å². The lowest BCUT2D eigenvalue weighted by Gasteiger charge is -2.13. The maximum atomic E-state index is 12.2. The molecular weight excluding hydrogens is 360 g/mol. The second kappa shape index (κ2) is 7.03. The molecule has 0 aliphatic heterocycles. The van der Waals surface area contributed by atoms with E-state index in [4.69, 9.17) is 5.73 Å². The number of nitrogen functional groups attached to an aromatic ring is 1. The average Bonchev–Trinajstić information content (AvgIpc) is 2.62. The standard InChI is InChI=1S/C21H18N2O5/c1-10-6-7-13(8-11(10)2)12-4-3-5-14(9-12)15-16(20(25)26)18(22)23-19(24)17(15)21(27)28/h3-9H,1-2H3,(H,25,26)(H,27,28)(H3,22,23,24). The maximum absolute atomic E-state index is 12.2. The summed E-state index contributed by atoms with van der Waals surface area (Å²) in [6.45, 7) is 3.97. The van der Waals surface area contributed by atoms with Crippen LogP contribution in [0, 0.1) is 13.8 Å². The molecule has 0 saturated heterocycles. The summed E-state index contributed by atoms with van der Waals surface area (Å²) in [7, 11) is 0. The van der Waals surface area contributed by atoms with Crippen LogP contribution in [0.4, 0.5) is 5.82 Å². The van der Waals surface area contributed by atoms with E-state index in [1.807, 2.05) is 38.1 Å². The maximum Gasteiger partial charge on any atom is 0.342 e. The van der Waals surface area contributed by atoms with Gasteiger partial charge >= 0.3 is 11.9 Å². The van der Waals surface area contributed by atoms with E-state index in [0.29, 0.717) is 0 Å². The summed E-state index contributed by atoms with van der Waals surface area (Å²) in [6, 6.07) is 12.6. The number of aromatic carboxylic acids is 2. The fourth-order valence-electron chi connectivity index (χ4n) is 3.11. The van der Waals surface area contributed by atoms with Crippen LogP contribution in [0.5, 0.6) is 0 Å².